The molecule has 0 aliphatic carbocycles. The summed E-state index contributed by atoms with van der Waals surface area (Å²) in [6.07, 6.45) is -2.61. The minimum atomic E-state index is -4.48. The minimum Gasteiger partial charge on any atom is -0.496 e. The van der Waals surface area contributed by atoms with Gasteiger partial charge < -0.3 is 9.47 Å². The third-order valence-corrected chi connectivity index (χ3v) is 3.20. The van der Waals surface area contributed by atoms with Crippen LogP contribution in [0.15, 0.2) is 35.6 Å². The van der Waals surface area contributed by atoms with Gasteiger partial charge in [-0.2, -0.15) is 18.3 Å². The topological polar surface area (TPSA) is 98.9 Å². The summed E-state index contributed by atoms with van der Waals surface area (Å²) in [4.78, 5) is 14.0. The van der Waals surface area contributed by atoms with Crippen molar-refractivity contribution >= 4 is 17.7 Å². The average molecular weight is 370 g/mol. The molecule has 0 fully saturated rings. The van der Waals surface area contributed by atoms with Gasteiger partial charge in [-0.1, -0.05) is 0 Å². The lowest BCUT2D eigenvalue weighted by molar-refractivity contribution is -0.385. The van der Waals surface area contributed by atoms with Crippen molar-refractivity contribution in [1.29, 1.82) is 0 Å². The lowest BCUT2D eigenvalue weighted by Crippen LogP contribution is -2.05. The zero-order valence-electron chi connectivity index (χ0n) is 13.6. The summed E-state index contributed by atoms with van der Waals surface area (Å²) < 4.78 is 47.5. The van der Waals surface area contributed by atoms with Crippen LogP contribution in [-0.2, 0) is 6.18 Å². The summed E-state index contributed by atoms with van der Waals surface area (Å²) >= 11 is 0. The number of ether oxygens (including phenoxy) is 2. The molecule has 2 rings (SSSR count). The van der Waals surface area contributed by atoms with Gasteiger partial charge in [-0.3, -0.25) is 15.5 Å². The van der Waals surface area contributed by atoms with Crippen LogP contribution < -0.4 is 14.9 Å². The first-order chi connectivity index (χ1) is 12.3. The summed E-state index contributed by atoms with van der Waals surface area (Å²) in [6, 6.07) is 4.48. The second kappa shape index (κ2) is 7.68. The largest absolute Gasteiger partial charge is 0.496 e. The van der Waals surface area contributed by atoms with Crippen molar-refractivity contribution in [3.05, 3.63) is 51.7 Å². The number of hydrogen-bond donors (Lipinski definition) is 1. The number of nitro benzene ring substituents is 1. The van der Waals surface area contributed by atoms with Crippen LogP contribution in [0, 0.1) is 10.1 Å². The maximum atomic E-state index is 12.5. The molecule has 0 saturated heterocycles. The molecule has 0 amide bonds. The molecular weight excluding hydrogens is 357 g/mol. The number of methoxy groups -OCH3 is 2. The Morgan fingerprint density at radius 3 is 2.42 bits per heavy atom. The summed E-state index contributed by atoms with van der Waals surface area (Å²) in [5.74, 6) is 0.343. The van der Waals surface area contributed by atoms with Gasteiger partial charge in [0, 0.05) is 23.9 Å². The van der Waals surface area contributed by atoms with E-state index in [4.69, 9.17) is 9.47 Å². The number of benzene rings is 1. The molecule has 1 N–H and O–H groups in total. The summed E-state index contributed by atoms with van der Waals surface area (Å²) in [5.41, 5.74) is 1.52. The van der Waals surface area contributed by atoms with Crippen LogP contribution in [0.5, 0.6) is 11.5 Å². The van der Waals surface area contributed by atoms with Crippen molar-refractivity contribution in [3.8, 4) is 11.5 Å². The molecule has 0 aliphatic rings. The molecule has 0 radical (unpaired) electrons. The number of aromatic nitrogens is 1. The summed E-state index contributed by atoms with van der Waals surface area (Å²) in [7, 11) is 2.65. The number of hydrogen-bond acceptors (Lipinski definition) is 7. The molecular formula is C15H13F3N4O4. The van der Waals surface area contributed by atoms with E-state index in [9.17, 15) is 23.3 Å². The van der Waals surface area contributed by atoms with Gasteiger partial charge >= 0.3 is 11.9 Å². The summed E-state index contributed by atoms with van der Waals surface area (Å²) in [6.45, 7) is 0. The van der Waals surface area contributed by atoms with E-state index in [0.717, 1.165) is 12.1 Å². The Balaban J connectivity index is 2.22. The molecule has 1 aromatic carbocycles. The van der Waals surface area contributed by atoms with Crippen LogP contribution in [0.25, 0.3) is 0 Å². The molecule has 0 saturated carbocycles. The fourth-order valence-electron chi connectivity index (χ4n) is 1.95. The second-order valence-electron chi connectivity index (χ2n) is 4.82. The molecule has 2 aromatic rings. The molecule has 11 heteroatoms. The molecule has 26 heavy (non-hydrogen) atoms. The fourth-order valence-corrected chi connectivity index (χ4v) is 1.95. The zero-order chi connectivity index (χ0) is 19.3. The molecule has 0 spiro atoms. The molecule has 1 heterocycles. The van der Waals surface area contributed by atoms with Crippen molar-refractivity contribution in [2.24, 2.45) is 5.10 Å². The Hall–Kier alpha value is -3.37. The van der Waals surface area contributed by atoms with E-state index >= 15 is 0 Å². The molecule has 0 aliphatic heterocycles. The number of rotatable bonds is 6. The fraction of sp³-hybridized carbons (Fsp3) is 0.200. The van der Waals surface area contributed by atoms with Crippen LogP contribution in [-0.4, -0.2) is 30.3 Å². The van der Waals surface area contributed by atoms with Gasteiger partial charge in [-0.25, -0.2) is 4.98 Å². The number of alkyl halides is 3. The number of nitrogens with one attached hydrogen (secondary N) is 1. The monoisotopic (exact) mass is 370 g/mol. The Kier molecular flexibility index (Phi) is 5.60. The van der Waals surface area contributed by atoms with Crippen molar-refractivity contribution in [3.63, 3.8) is 0 Å². The Bertz CT molecular complexity index is 823. The SMILES string of the molecule is COc1cc(OC)c([N+](=O)[O-])cc1/C=N\Nc1ccc(C(F)(F)F)cn1. The zero-order valence-corrected chi connectivity index (χ0v) is 13.6. The number of nitrogens with zero attached hydrogens (tertiary/aromatic N) is 3. The number of nitro groups is 1. The standard InChI is InChI=1S/C15H13F3N4O4/c1-25-12-6-13(26-2)11(22(23)24)5-9(12)7-20-21-14-4-3-10(8-19-14)15(16,17)18/h3-8H,1-2H3,(H,19,21)/b20-7-. The first-order valence-corrected chi connectivity index (χ1v) is 6.99. The third kappa shape index (κ3) is 4.37. The van der Waals surface area contributed by atoms with Gasteiger partial charge in [0.25, 0.3) is 0 Å². The van der Waals surface area contributed by atoms with Crippen LogP contribution in [0.2, 0.25) is 0 Å². The van der Waals surface area contributed by atoms with E-state index in [1.54, 1.807) is 0 Å². The van der Waals surface area contributed by atoms with Crippen molar-refractivity contribution in [2.75, 3.05) is 19.6 Å². The highest BCUT2D eigenvalue weighted by molar-refractivity contribution is 5.86. The van der Waals surface area contributed by atoms with E-state index in [1.807, 2.05) is 0 Å². The molecule has 0 bridgehead atoms. The number of anilines is 1. The highest BCUT2D eigenvalue weighted by Gasteiger charge is 2.30. The number of halogens is 3. The van der Waals surface area contributed by atoms with Gasteiger partial charge in [-0.15, -0.1) is 0 Å². The number of pyridine rings is 1. The minimum absolute atomic E-state index is 0.0152. The third-order valence-electron chi connectivity index (χ3n) is 3.20. The molecule has 138 valence electrons. The maximum Gasteiger partial charge on any atom is 0.417 e. The molecule has 1 aromatic heterocycles. The lowest BCUT2D eigenvalue weighted by Gasteiger charge is -2.08. The van der Waals surface area contributed by atoms with Crippen molar-refractivity contribution in [1.82, 2.24) is 4.98 Å². The number of hydrazone groups is 1. The smallest absolute Gasteiger partial charge is 0.417 e. The van der Waals surface area contributed by atoms with Gasteiger partial charge in [0.05, 0.1) is 30.9 Å². The van der Waals surface area contributed by atoms with E-state index in [2.05, 4.69) is 15.5 Å². The van der Waals surface area contributed by atoms with Gasteiger partial charge in [0.15, 0.2) is 0 Å². The van der Waals surface area contributed by atoms with Gasteiger partial charge in [0.1, 0.15) is 11.6 Å². The van der Waals surface area contributed by atoms with Gasteiger partial charge in [0.2, 0.25) is 5.75 Å². The molecule has 0 atom stereocenters. The van der Waals surface area contributed by atoms with Crippen molar-refractivity contribution in [2.45, 2.75) is 6.18 Å². The first kappa shape index (κ1) is 19.0. The lowest BCUT2D eigenvalue weighted by atomic mass is 10.1. The summed E-state index contributed by atoms with van der Waals surface area (Å²) in [5, 5.41) is 14.9. The quantitative estimate of drug-likeness (QED) is 0.475. The highest BCUT2D eigenvalue weighted by atomic mass is 19.4. The predicted molar refractivity (Wildman–Crippen MR) is 86.7 cm³/mol. The maximum absolute atomic E-state index is 12.5. The van der Waals surface area contributed by atoms with Crippen molar-refractivity contribution < 1.29 is 27.6 Å². The molecule has 0 unspecified atom stereocenters. The Labute approximate surface area is 145 Å². The highest BCUT2D eigenvalue weighted by Crippen LogP contribution is 2.33. The van der Waals surface area contributed by atoms with Crippen LogP contribution >= 0.6 is 0 Å². The Morgan fingerprint density at radius 1 is 1.23 bits per heavy atom. The average Bonchev–Trinajstić information content (AvgIpc) is 2.60. The van der Waals surface area contributed by atoms with Gasteiger partial charge in [-0.05, 0) is 12.1 Å². The Morgan fingerprint density at radius 2 is 1.92 bits per heavy atom. The van der Waals surface area contributed by atoms with Crippen LogP contribution in [0.4, 0.5) is 24.7 Å². The predicted octanol–water partition coefficient (Wildman–Crippen LogP) is 3.47. The van der Waals surface area contributed by atoms with E-state index < -0.39 is 16.7 Å². The van der Waals surface area contributed by atoms with E-state index in [1.165, 1.54) is 32.6 Å². The van der Waals surface area contributed by atoms with Crippen LogP contribution in [0.3, 0.4) is 0 Å². The molecule has 8 nitrogen and oxygen atoms in total. The van der Waals surface area contributed by atoms with Crippen LogP contribution in [0.1, 0.15) is 11.1 Å². The normalized spacial score (nSPS) is 11.4. The first-order valence-electron chi connectivity index (χ1n) is 6.99. The van der Waals surface area contributed by atoms with E-state index in [0.29, 0.717) is 6.20 Å². The van der Waals surface area contributed by atoms with E-state index in [-0.39, 0.29) is 28.6 Å². The second-order valence-corrected chi connectivity index (χ2v) is 4.82.